The van der Waals surface area contributed by atoms with Crippen LogP contribution in [0.5, 0.6) is 5.75 Å². The molecule has 4 nitrogen and oxygen atoms in total. The Balaban J connectivity index is 2.38. The van der Waals surface area contributed by atoms with Crippen LogP contribution in [0.1, 0.15) is 13.3 Å². The van der Waals surface area contributed by atoms with E-state index in [2.05, 4.69) is 14.8 Å². The van der Waals surface area contributed by atoms with E-state index in [-0.39, 0.29) is 0 Å². The van der Waals surface area contributed by atoms with Gasteiger partial charge in [0.25, 0.3) is 0 Å². The molecule has 1 aromatic heterocycles. The second-order valence-corrected chi connectivity index (χ2v) is 2.08. The standard InChI is InChI=1S/C8H9NO3/c1-2-8(10)12-11-7-4-3-5-9-6-7/h3-6H,2H2,1H3. The summed E-state index contributed by atoms with van der Waals surface area (Å²) in [5.41, 5.74) is 0. The Morgan fingerprint density at radius 3 is 3.08 bits per heavy atom. The number of nitrogens with zero attached hydrogens (tertiary/aromatic N) is 1. The zero-order valence-corrected chi connectivity index (χ0v) is 6.69. The molecule has 0 saturated heterocycles. The van der Waals surface area contributed by atoms with Crippen LogP contribution in [-0.4, -0.2) is 11.0 Å². The highest BCUT2D eigenvalue weighted by molar-refractivity contribution is 5.68. The summed E-state index contributed by atoms with van der Waals surface area (Å²) in [7, 11) is 0. The molecule has 0 aliphatic rings. The molecule has 0 amide bonds. The topological polar surface area (TPSA) is 48.4 Å². The Morgan fingerprint density at radius 1 is 1.67 bits per heavy atom. The molecule has 0 atom stereocenters. The van der Waals surface area contributed by atoms with E-state index >= 15 is 0 Å². The van der Waals surface area contributed by atoms with Gasteiger partial charge in [0.2, 0.25) is 0 Å². The van der Waals surface area contributed by atoms with Crippen molar-refractivity contribution in [2.45, 2.75) is 13.3 Å². The molecule has 0 radical (unpaired) electrons. The lowest BCUT2D eigenvalue weighted by Gasteiger charge is -2.00. The van der Waals surface area contributed by atoms with Crippen molar-refractivity contribution < 1.29 is 14.6 Å². The van der Waals surface area contributed by atoms with Crippen LogP contribution in [0, 0.1) is 0 Å². The van der Waals surface area contributed by atoms with E-state index in [0.717, 1.165) is 0 Å². The zero-order chi connectivity index (χ0) is 8.81. The molecule has 0 unspecified atom stereocenters. The van der Waals surface area contributed by atoms with Gasteiger partial charge in [-0.15, -0.1) is 0 Å². The lowest BCUT2D eigenvalue weighted by atomic mass is 10.5. The number of aromatic nitrogens is 1. The first-order valence-electron chi connectivity index (χ1n) is 3.60. The fourth-order valence-electron chi connectivity index (χ4n) is 0.550. The largest absolute Gasteiger partial charge is 0.355 e. The first kappa shape index (κ1) is 8.52. The monoisotopic (exact) mass is 167 g/mol. The number of hydrogen-bond donors (Lipinski definition) is 0. The van der Waals surface area contributed by atoms with Gasteiger partial charge in [-0.05, 0) is 12.1 Å². The molecule has 0 aliphatic heterocycles. The molecule has 1 aromatic rings. The first-order chi connectivity index (χ1) is 5.83. The zero-order valence-electron chi connectivity index (χ0n) is 6.69. The fourth-order valence-corrected chi connectivity index (χ4v) is 0.550. The summed E-state index contributed by atoms with van der Waals surface area (Å²) in [5, 5.41) is 0. The van der Waals surface area contributed by atoms with Gasteiger partial charge in [0.05, 0.1) is 6.20 Å². The van der Waals surface area contributed by atoms with Gasteiger partial charge in [0.15, 0.2) is 5.75 Å². The third-order valence-electron chi connectivity index (χ3n) is 1.15. The molecule has 0 aliphatic carbocycles. The molecule has 4 heteroatoms. The van der Waals surface area contributed by atoms with Crippen molar-refractivity contribution in [3.8, 4) is 5.75 Å². The highest BCUT2D eigenvalue weighted by atomic mass is 17.2. The second-order valence-electron chi connectivity index (χ2n) is 2.08. The predicted molar refractivity (Wildman–Crippen MR) is 41.2 cm³/mol. The molecule has 0 fully saturated rings. The van der Waals surface area contributed by atoms with E-state index in [1.54, 1.807) is 25.3 Å². The van der Waals surface area contributed by atoms with Crippen molar-refractivity contribution in [2.24, 2.45) is 0 Å². The van der Waals surface area contributed by atoms with E-state index in [9.17, 15) is 4.79 Å². The van der Waals surface area contributed by atoms with Crippen LogP contribution in [0.15, 0.2) is 24.5 Å². The molecule has 1 heterocycles. The van der Waals surface area contributed by atoms with Crippen molar-refractivity contribution in [3.05, 3.63) is 24.5 Å². The van der Waals surface area contributed by atoms with E-state index < -0.39 is 5.97 Å². The van der Waals surface area contributed by atoms with Crippen LogP contribution in [0.25, 0.3) is 0 Å². The third kappa shape index (κ3) is 2.57. The molecule has 0 bridgehead atoms. The summed E-state index contributed by atoms with van der Waals surface area (Å²) in [5.74, 6) is 0.0122. The van der Waals surface area contributed by atoms with E-state index in [1.165, 1.54) is 6.20 Å². The number of pyridine rings is 1. The summed E-state index contributed by atoms with van der Waals surface area (Å²) in [6.07, 6.45) is 3.36. The lowest BCUT2D eigenvalue weighted by Crippen LogP contribution is -2.05. The van der Waals surface area contributed by atoms with Crippen molar-refractivity contribution in [1.82, 2.24) is 4.98 Å². The summed E-state index contributed by atoms with van der Waals surface area (Å²) in [6, 6.07) is 3.34. The average molecular weight is 167 g/mol. The smallest absolute Gasteiger partial charge is 0.285 e. The van der Waals surface area contributed by atoms with Crippen molar-refractivity contribution >= 4 is 5.97 Å². The maximum Gasteiger partial charge on any atom is 0.355 e. The maximum absolute atomic E-state index is 10.6. The van der Waals surface area contributed by atoms with Gasteiger partial charge in [-0.1, -0.05) is 6.92 Å². The van der Waals surface area contributed by atoms with Gasteiger partial charge in [0, 0.05) is 12.6 Å². The van der Waals surface area contributed by atoms with Gasteiger partial charge in [0.1, 0.15) is 0 Å². The number of carbonyl (C=O) groups excluding carboxylic acids is 1. The molecule has 0 spiro atoms. The Morgan fingerprint density at radius 2 is 2.50 bits per heavy atom. The van der Waals surface area contributed by atoms with Crippen LogP contribution < -0.4 is 4.89 Å². The predicted octanol–water partition coefficient (Wildman–Crippen LogP) is 1.33. The van der Waals surface area contributed by atoms with Gasteiger partial charge in [-0.25, -0.2) is 4.79 Å². The summed E-state index contributed by atoms with van der Waals surface area (Å²) in [6.45, 7) is 1.69. The maximum atomic E-state index is 10.6. The SMILES string of the molecule is CCC(=O)OOc1cccnc1. The Bertz CT molecular complexity index is 248. The van der Waals surface area contributed by atoms with Gasteiger partial charge < -0.3 is 0 Å². The molecular formula is C8H9NO3. The van der Waals surface area contributed by atoms with E-state index in [0.29, 0.717) is 12.2 Å². The van der Waals surface area contributed by atoms with Crippen LogP contribution >= 0.6 is 0 Å². The fraction of sp³-hybridized carbons (Fsp3) is 0.250. The summed E-state index contributed by atoms with van der Waals surface area (Å²) >= 11 is 0. The Kier molecular flexibility index (Phi) is 3.07. The summed E-state index contributed by atoms with van der Waals surface area (Å²) in [4.78, 5) is 23.4. The third-order valence-corrected chi connectivity index (χ3v) is 1.15. The van der Waals surface area contributed by atoms with Crippen molar-refractivity contribution in [3.63, 3.8) is 0 Å². The first-order valence-corrected chi connectivity index (χ1v) is 3.60. The van der Waals surface area contributed by atoms with E-state index in [1.807, 2.05) is 0 Å². The van der Waals surface area contributed by atoms with Crippen LogP contribution in [0.4, 0.5) is 0 Å². The normalized spacial score (nSPS) is 9.08. The Hall–Kier alpha value is -1.58. The minimum Gasteiger partial charge on any atom is -0.285 e. The summed E-state index contributed by atoms with van der Waals surface area (Å²) < 4.78 is 0. The molecule has 1 rings (SSSR count). The average Bonchev–Trinajstić information content (AvgIpc) is 2.16. The molecule has 0 N–H and O–H groups in total. The minimum absolute atomic E-state index is 0.292. The van der Waals surface area contributed by atoms with Crippen LogP contribution in [-0.2, 0) is 9.68 Å². The Labute approximate surface area is 70.1 Å². The highest BCUT2D eigenvalue weighted by Crippen LogP contribution is 2.06. The minimum atomic E-state index is -0.404. The highest BCUT2D eigenvalue weighted by Gasteiger charge is 2.00. The quantitative estimate of drug-likeness (QED) is 0.503. The lowest BCUT2D eigenvalue weighted by molar-refractivity contribution is -0.213. The van der Waals surface area contributed by atoms with Gasteiger partial charge in [-0.3, -0.25) is 14.8 Å². The van der Waals surface area contributed by atoms with E-state index in [4.69, 9.17) is 0 Å². The molecule has 0 aromatic carbocycles. The number of carbonyl (C=O) groups is 1. The number of hydrogen-bond acceptors (Lipinski definition) is 4. The number of rotatable bonds is 3. The van der Waals surface area contributed by atoms with Crippen molar-refractivity contribution in [1.29, 1.82) is 0 Å². The van der Waals surface area contributed by atoms with Gasteiger partial charge in [-0.2, -0.15) is 0 Å². The molecule has 12 heavy (non-hydrogen) atoms. The second kappa shape index (κ2) is 4.33. The van der Waals surface area contributed by atoms with Crippen molar-refractivity contribution in [2.75, 3.05) is 0 Å². The van der Waals surface area contributed by atoms with Crippen LogP contribution in [0.3, 0.4) is 0 Å². The van der Waals surface area contributed by atoms with Crippen LogP contribution in [0.2, 0.25) is 0 Å². The molecular weight excluding hydrogens is 158 g/mol. The molecule has 0 saturated carbocycles. The van der Waals surface area contributed by atoms with Gasteiger partial charge >= 0.3 is 5.97 Å². The molecule has 64 valence electrons.